The number of hydrogen-bond donors (Lipinski definition) is 1. The van der Waals surface area contributed by atoms with Gasteiger partial charge in [0, 0.05) is 26.7 Å². The molecule has 3 atom stereocenters. The number of amides is 1. The van der Waals surface area contributed by atoms with Gasteiger partial charge in [-0.2, -0.15) is 0 Å². The second kappa shape index (κ2) is 5.37. The Bertz CT molecular complexity index is 465. The van der Waals surface area contributed by atoms with Crippen molar-refractivity contribution in [3.05, 3.63) is 28.7 Å². The van der Waals surface area contributed by atoms with Crippen molar-refractivity contribution in [2.75, 3.05) is 0 Å². The third-order valence-electron chi connectivity index (χ3n) is 4.03. The van der Waals surface area contributed by atoms with Gasteiger partial charge >= 0.3 is 6.09 Å². The Hall–Kier alpha value is -0.680. The highest BCUT2D eigenvalue weighted by atomic mass is 79.9. The van der Waals surface area contributed by atoms with Crippen LogP contribution in [0, 0.1) is 0 Å². The second-order valence-corrected chi connectivity index (χ2v) is 7.53. The monoisotopic (exact) mass is 341 g/mol. The van der Waals surface area contributed by atoms with Crippen LogP contribution in [0.1, 0.15) is 25.7 Å². The molecule has 1 N–H and O–H groups in total. The lowest BCUT2D eigenvalue weighted by Crippen LogP contribution is -2.46. The average molecular weight is 342 g/mol. The Morgan fingerprint density at radius 1 is 1.21 bits per heavy atom. The Morgan fingerprint density at radius 2 is 1.79 bits per heavy atom. The zero-order valence-corrected chi connectivity index (χ0v) is 12.9. The first kappa shape index (κ1) is 13.3. The molecule has 102 valence electrons. The highest BCUT2D eigenvalue weighted by Gasteiger charge is 2.43. The molecule has 1 amide bonds. The van der Waals surface area contributed by atoms with Crippen molar-refractivity contribution in [2.45, 2.75) is 47.9 Å². The summed E-state index contributed by atoms with van der Waals surface area (Å²) in [4.78, 5) is 14.2. The molecule has 2 saturated heterocycles. The Morgan fingerprint density at radius 3 is 2.32 bits per heavy atom. The molecule has 0 spiro atoms. The number of carbonyl (C=O) groups is 1. The summed E-state index contributed by atoms with van der Waals surface area (Å²) in [6.07, 6.45) is 3.31. The van der Waals surface area contributed by atoms with E-state index in [-0.39, 0.29) is 12.1 Å². The van der Waals surface area contributed by atoms with Crippen molar-refractivity contribution in [3.63, 3.8) is 0 Å². The Balaban J connectivity index is 1.66. The van der Waals surface area contributed by atoms with Gasteiger partial charge in [-0.15, -0.1) is 11.8 Å². The predicted octanol–water partition coefficient (Wildman–Crippen LogP) is 4.21. The smallest absolute Gasteiger partial charge is 0.407 e. The minimum absolute atomic E-state index is 0.240. The van der Waals surface area contributed by atoms with Crippen LogP contribution in [0.4, 0.5) is 4.79 Å². The van der Waals surface area contributed by atoms with Gasteiger partial charge in [-0.25, -0.2) is 4.79 Å². The minimum atomic E-state index is -0.736. The topological polar surface area (TPSA) is 40.5 Å². The lowest BCUT2D eigenvalue weighted by atomic mass is 10.0. The van der Waals surface area contributed by atoms with Crippen LogP contribution in [-0.4, -0.2) is 33.4 Å². The molecule has 0 unspecified atom stereocenters. The Kier molecular flexibility index (Phi) is 3.76. The molecule has 0 radical (unpaired) electrons. The quantitative estimate of drug-likeness (QED) is 0.875. The van der Waals surface area contributed by atoms with Gasteiger partial charge in [-0.1, -0.05) is 15.9 Å². The maximum Gasteiger partial charge on any atom is 0.407 e. The first-order valence-corrected chi connectivity index (χ1v) is 8.24. The number of fused-ring (bicyclic) bond motifs is 2. The van der Waals surface area contributed by atoms with Crippen LogP contribution in [-0.2, 0) is 0 Å². The first-order chi connectivity index (χ1) is 9.13. The number of benzene rings is 1. The summed E-state index contributed by atoms with van der Waals surface area (Å²) in [5.41, 5.74) is 0. The SMILES string of the molecule is O=C(O)N1[C@@H]2CC[C@H]1C[C@@H](Sc1ccc(Br)cc1)C2. The molecule has 2 heterocycles. The van der Waals surface area contributed by atoms with Gasteiger partial charge in [0.05, 0.1) is 0 Å². The van der Waals surface area contributed by atoms with E-state index in [1.54, 1.807) is 4.90 Å². The number of carboxylic acid groups (broad SMARTS) is 1. The zero-order chi connectivity index (χ0) is 13.4. The fourth-order valence-corrected chi connectivity index (χ4v) is 4.82. The van der Waals surface area contributed by atoms with E-state index in [9.17, 15) is 9.90 Å². The van der Waals surface area contributed by atoms with Gasteiger partial charge in [0.2, 0.25) is 0 Å². The number of halogens is 1. The molecule has 0 aromatic heterocycles. The predicted molar refractivity (Wildman–Crippen MR) is 79.7 cm³/mol. The van der Waals surface area contributed by atoms with Gasteiger partial charge in [0.25, 0.3) is 0 Å². The fraction of sp³-hybridized carbons (Fsp3) is 0.500. The van der Waals surface area contributed by atoms with Crippen molar-refractivity contribution in [3.8, 4) is 0 Å². The lowest BCUT2D eigenvalue weighted by molar-refractivity contribution is 0.104. The van der Waals surface area contributed by atoms with E-state index in [0.717, 1.165) is 30.2 Å². The van der Waals surface area contributed by atoms with Crippen LogP contribution in [0.15, 0.2) is 33.6 Å². The normalized spacial score (nSPS) is 29.5. The summed E-state index contributed by atoms with van der Waals surface area (Å²) in [6, 6.07) is 8.85. The van der Waals surface area contributed by atoms with Crippen molar-refractivity contribution < 1.29 is 9.90 Å². The second-order valence-electron chi connectivity index (χ2n) is 5.24. The molecule has 0 aliphatic carbocycles. The number of rotatable bonds is 2. The molecule has 2 aliphatic rings. The van der Waals surface area contributed by atoms with Gasteiger partial charge in [-0.3, -0.25) is 0 Å². The van der Waals surface area contributed by atoms with Crippen molar-refractivity contribution >= 4 is 33.8 Å². The molecule has 2 fully saturated rings. The van der Waals surface area contributed by atoms with E-state index in [1.165, 1.54) is 4.90 Å². The van der Waals surface area contributed by atoms with Gasteiger partial charge in [0.15, 0.2) is 0 Å². The van der Waals surface area contributed by atoms with Gasteiger partial charge in [-0.05, 0) is 49.9 Å². The molecule has 0 saturated carbocycles. The zero-order valence-electron chi connectivity index (χ0n) is 10.5. The van der Waals surface area contributed by atoms with E-state index < -0.39 is 6.09 Å². The number of piperidine rings is 1. The van der Waals surface area contributed by atoms with Crippen LogP contribution < -0.4 is 0 Å². The number of nitrogens with zero attached hydrogens (tertiary/aromatic N) is 1. The van der Waals surface area contributed by atoms with E-state index in [1.807, 2.05) is 11.8 Å². The van der Waals surface area contributed by atoms with Crippen LogP contribution in [0.25, 0.3) is 0 Å². The maximum absolute atomic E-state index is 11.2. The van der Waals surface area contributed by atoms with Crippen LogP contribution in [0.3, 0.4) is 0 Å². The Labute approximate surface area is 125 Å². The highest BCUT2D eigenvalue weighted by Crippen LogP contribution is 2.42. The average Bonchev–Trinajstić information content (AvgIpc) is 2.65. The molecule has 5 heteroatoms. The fourth-order valence-electron chi connectivity index (χ4n) is 3.24. The molecule has 1 aromatic rings. The maximum atomic E-state index is 11.2. The molecule has 3 rings (SSSR count). The number of hydrogen-bond acceptors (Lipinski definition) is 2. The van der Waals surface area contributed by atoms with E-state index >= 15 is 0 Å². The third-order valence-corrected chi connectivity index (χ3v) is 5.82. The largest absolute Gasteiger partial charge is 0.465 e. The van der Waals surface area contributed by atoms with E-state index in [2.05, 4.69) is 40.2 Å². The standard InChI is InChI=1S/C14H16BrNO2S/c15-9-1-5-12(6-2-9)19-13-7-10-3-4-11(8-13)16(10)14(17)18/h1-2,5-6,10-11,13H,3-4,7-8H2,(H,17,18)/t10-,11+,13+. The van der Waals surface area contributed by atoms with Crippen molar-refractivity contribution in [2.24, 2.45) is 0 Å². The summed E-state index contributed by atoms with van der Waals surface area (Å²) in [7, 11) is 0. The van der Waals surface area contributed by atoms with Crippen LogP contribution in [0.5, 0.6) is 0 Å². The molecule has 1 aromatic carbocycles. The minimum Gasteiger partial charge on any atom is -0.465 e. The van der Waals surface area contributed by atoms with E-state index in [4.69, 9.17) is 0 Å². The summed E-state index contributed by atoms with van der Waals surface area (Å²) < 4.78 is 1.10. The van der Waals surface area contributed by atoms with E-state index in [0.29, 0.717) is 5.25 Å². The summed E-state index contributed by atoms with van der Waals surface area (Å²) in [5.74, 6) is 0. The molecular weight excluding hydrogens is 326 g/mol. The third kappa shape index (κ3) is 2.77. The van der Waals surface area contributed by atoms with Crippen LogP contribution >= 0.6 is 27.7 Å². The first-order valence-electron chi connectivity index (χ1n) is 6.57. The summed E-state index contributed by atoms with van der Waals surface area (Å²) >= 11 is 5.34. The summed E-state index contributed by atoms with van der Waals surface area (Å²) in [5, 5.41) is 9.79. The molecule has 3 nitrogen and oxygen atoms in total. The molecule has 19 heavy (non-hydrogen) atoms. The van der Waals surface area contributed by atoms with Gasteiger partial charge < -0.3 is 10.0 Å². The van der Waals surface area contributed by atoms with Gasteiger partial charge in [0.1, 0.15) is 0 Å². The lowest BCUT2D eigenvalue weighted by Gasteiger charge is -2.36. The number of thioether (sulfide) groups is 1. The van der Waals surface area contributed by atoms with Crippen molar-refractivity contribution in [1.29, 1.82) is 0 Å². The molecule has 2 aliphatic heterocycles. The highest BCUT2D eigenvalue weighted by molar-refractivity contribution is 9.10. The van der Waals surface area contributed by atoms with Crippen LogP contribution in [0.2, 0.25) is 0 Å². The molecule has 2 bridgehead atoms. The molecular formula is C14H16BrNO2S. The summed E-state index contributed by atoms with van der Waals surface area (Å²) in [6.45, 7) is 0. The van der Waals surface area contributed by atoms with Crippen molar-refractivity contribution in [1.82, 2.24) is 4.90 Å².